The zero-order valence-electron chi connectivity index (χ0n) is 25.6. The molecular weight excluding hydrogens is 530 g/mol. The number of hydrogen-bond acceptors (Lipinski definition) is 6. The Bertz CT molecular complexity index is 1190. The summed E-state index contributed by atoms with van der Waals surface area (Å²) in [5.74, 6) is -0.636. The molecule has 1 amide bonds. The number of carboxylic acids is 1. The summed E-state index contributed by atoms with van der Waals surface area (Å²) in [5, 5.41) is 20.3. The van der Waals surface area contributed by atoms with E-state index in [9.17, 15) is 19.8 Å². The SMILES string of the molecule is CCCCN(CCCN(C)C)C(=O)CN1C[C@H](c2ccc3c(c2)CCO3)[C@@H](C(=O)O)[C@@H]1CCCc1ccccc1CO. The number of aryl methyl sites for hydroxylation is 1. The number of carbonyl (C=O) groups excluding carboxylic acids is 1. The average molecular weight is 580 g/mol. The molecule has 0 aliphatic carbocycles. The number of nitrogens with zero attached hydrogens (tertiary/aromatic N) is 3. The van der Waals surface area contributed by atoms with Gasteiger partial charge in [-0.1, -0.05) is 49.7 Å². The van der Waals surface area contributed by atoms with Gasteiger partial charge in [0.05, 0.1) is 25.7 Å². The van der Waals surface area contributed by atoms with Crippen molar-refractivity contribution in [3.63, 3.8) is 0 Å². The number of carbonyl (C=O) groups is 2. The molecule has 2 N–H and O–H groups in total. The van der Waals surface area contributed by atoms with Gasteiger partial charge in [-0.05, 0) is 81.1 Å². The molecule has 4 rings (SSSR count). The van der Waals surface area contributed by atoms with E-state index < -0.39 is 11.9 Å². The number of amides is 1. The number of unbranched alkanes of at least 4 members (excludes halogenated alkanes) is 1. The maximum absolute atomic E-state index is 13.8. The van der Waals surface area contributed by atoms with Crippen LogP contribution in [0.15, 0.2) is 42.5 Å². The highest BCUT2D eigenvalue weighted by Gasteiger charge is 2.47. The van der Waals surface area contributed by atoms with Gasteiger partial charge in [0.2, 0.25) is 5.91 Å². The molecular formula is C34H49N3O5. The Kier molecular flexibility index (Phi) is 11.8. The third kappa shape index (κ3) is 8.12. The zero-order valence-corrected chi connectivity index (χ0v) is 25.6. The number of aliphatic hydroxyl groups is 1. The molecule has 1 fully saturated rings. The van der Waals surface area contributed by atoms with Gasteiger partial charge in [0.15, 0.2) is 0 Å². The summed E-state index contributed by atoms with van der Waals surface area (Å²) in [6.07, 6.45) is 5.93. The topological polar surface area (TPSA) is 93.5 Å². The first kappa shape index (κ1) is 32.0. The Morgan fingerprint density at radius 1 is 1.02 bits per heavy atom. The molecule has 2 aromatic rings. The fraction of sp³-hybridized carbons (Fsp3) is 0.588. The third-order valence-electron chi connectivity index (χ3n) is 8.92. The van der Waals surface area contributed by atoms with Gasteiger partial charge in [-0.15, -0.1) is 0 Å². The third-order valence-corrected chi connectivity index (χ3v) is 8.92. The number of aliphatic carboxylic acids is 1. The first-order chi connectivity index (χ1) is 20.3. The van der Waals surface area contributed by atoms with Crippen molar-refractivity contribution in [2.24, 2.45) is 5.92 Å². The monoisotopic (exact) mass is 579 g/mol. The first-order valence-corrected chi connectivity index (χ1v) is 15.6. The molecule has 0 spiro atoms. The Hall–Kier alpha value is -2.94. The summed E-state index contributed by atoms with van der Waals surface area (Å²) in [7, 11) is 4.09. The minimum Gasteiger partial charge on any atom is -0.493 e. The van der Waals surface area contributed by atoms with Crippen molar-refractivity contribution in [3.05, 3.63) is 64.7 Å². The van der Waals surface area contributed by atoms with Crippen molar-refractivity contribution in [1.82, 2.24) is 14.7 Å². The second-order valence-electron chi connectivity index (χ2n) is 12.1. The molecule has 0 radical (unpaired) electrons. The summed E-state index contributed by atoms with van der Waals surface area (Å²) in [4.78, 5) is 32.9. The maximum atomic E-state index is 13.8. The Morgan fingerprint density at radius 2 is 1.79 bits per heavy atom. The zero-order chi connectivity index (χ0) is 30.1. The molecule has 2 aliphatic rings. The van der Waals surface area contributed by atoms with Crippen LogP contribution >= 0.6 is 0 Å². The molecule has 8 nitrogen and oxygen atoms in total. The largest absolute Gasteiger partial charge is 0.493 e. The van der Waals surface area contributed by atoms with Crippen molar-refractivity contribution in [2.45, 2.75) is 70.4 Å². The lowest BCUT2D eigenvalue weighted by molar-refractivity contribution is -0.143. The molecule has 2 aliphatic heterocycles. The standard InChI is InChI=1S/C34H49N3O5/c1-4-5-18-36(19-9-17-35(2)3)32(39)23-37-22-29(26-14-15-31-27(21-26)16-20-42-31)33(34(40)41)30(37)13-8-12-25-10-6-7-11-28(25)24-38/h6-7,10-11,14-15,21,29-30,33,38H,4-5,8-9,12-13,16-20,22-24H2,1-3H3,(H,40,41)/t29-,30+,33-/m1/s1. The Labute approximate surface area is 251 Å². The van der Waals surface area contributed by atoms with Crippen molar-refractivity contribution in [3.8, 4) is 5.75 Å². The fourth-order valence-corrected chi connectivity index (χ4v) is 6.65. The molecule has 0 unspecified atom stereocenters. The predicted octanol–water partition coefficient (Wildman–Crippen LogP) is 4.19. The fourth-order valence-electron chi connectivity index (χ4n) is 6.65. The van der Waals surface area contributed by atoms with Crippen LogP contribution in [0.1, 0.15) is 67.2 Å². The van der Waals surface area contributed by atoms with Gasteiger partial charge < -0.3 is 24.7 Å². The van der Waals surface area contributed by atoms with E-state index in [2.05, 4.69) is 22.8 Å². The summed E-state index contributed by atoms with van der Waals surface area (Å²) < 4.78 is 5.71. The summed E-state index contributed by atoms with van der Waals surface area (Å²) in [6.45, 7) is 5.92. The molecule has 0 saturated carbocycles. The van der Waals surface area contributed by atoms with Crippen LogP contribution in [0.5, 0.6) is 5.75 Å². The van der Waals surface area contributed by atoms with E-state index in [4.69, 9.17) is 4.74 Å². The molecule has 1 saturated heterocycles. The van der Waals surface area contributed by atoms with E-state index in [0.29, 0.717) is 26.1 Å². The normalized spacial score (nSPS) is 20.1. The van der Waals surface area contributed by atoms with Crippen LogP contribution in [0.3, 0.4) is 0 Å². The number of ether oxygens (including phenoxy) is 1. The number of aliphatic hydroxyl groups excluding tert-OH is 1. The molecule has 8 heteroatoms. The number of rotatable bonds is 16. The van der Waals surface area contributed by atoms with E-state index in [1.165, 1.54) is 0 Å². The van der Waals surface area contributed by atoms with E-state index >= 15 is 0 Å². The molecule has 2 aromatic carbocycles. The number of fused-ring (bicyclic) bond motifs is 1. The van der Waals surface area contributed by atoms with Gasteiger partial charge in [0, 0.05) is 38.0 Å². The summed E-state index contributed by atoms with van der Waals surface area (Å²) in [5.41, 5.74) is 4.16. The average Bonchev–Trinajstić information content (AvgIpc) is 3.59. The van der Waals surface area contributed by atoms with Gasteiger partial charge in [0.25, 0.3) is 0 Å². The van der Waals surface area contributed by atoms with Gasteiger partial charge in [-0.25, -0.2) is 0 Å². The van der Waals surface area contributed by atoms with Crippen LogP contribution in [-0.2, 0) is 29.0 Å². The molecule has 42 heavy (non-hydrogen) atoms. The highest BCUT2D eigenvalue weighted by atomic mass is 16.5. The predicted molar refractivity (Wildman–Crippen MR) is 165 cm³/mol. The molecule has 3 atom stereocenters. The minimum absolute atomic E-state index is 0.0104. The highest BCUT2D eigenvalue weighted by Crippen LogP contribution is 2.41. The van der Waals surface area contributed by atoms with Gasteiger partial charge >= 0.3 is 5.97 Å². The van der Waals surface area contributed by atoms with Gasteiger partial charge in [0.1, 0.15) is 5.75 Å². The molecule has 2 heterocycles. The summed E-state index contributed by atoms with van der Waals surface area (Å²) >= 11 is 0. The van der Waals surface area contributed by atoms with Crippen LogP contribution in [0.2, 0.25) is 0 Å². The van der Waals surface area contributed by atoms with Crippen molar-refractivity contribution in [2.75, 3.05) is 53.4 Å². The van der Waals surface area contributed by atoms with Crippen molar-refractivity contribution in [1.29, 1.82) is 0 Å². The molecule has 230 valence electrons. The van der Waals surface area contributed by atoms with E-state index in [1.807, 2.05) is 55.4 Å². The van der Waals surface area contributed by atoms with Crippen LogP contribution < -0.4 is 4.74 Å². The lowest BCUT2D eigenvalue weighted by atomic mass is 9.83. The Balaban J connectivity index is 1.56. The van der Waals surface area contributed by atoms with Crippen LogP contribution in [0.4, 0.5) is 0 Å². The van der Waals surface area contributed by atoms with Crippen LogP contribution in [0, 0.1) is 5.92 Å². The maximum Gasteiger partial charge on any atom is 0.308 e. The lowest BCUT2D eigenvalue weighted by Crippen LogP contribution is -2.45. The lowest BCUT2D eigenvalue weighted by Gasteiger charge is -2.30. The van der Waals surface area contributed by atoms with E-state index in [0.717, 1.165) is 79.6 Å². The smallest absolute Gasteiger partial charge is 0.308 e. The van der Waals surface area contributed by atoms with Gasteiger partial charge in [-0.3, -0.25) is 14.5 Å². The number of likely N-dealkylation sites (tertiary alicyclic amines) is 1. The minimum atomic E-state index is -0.804. The second-order valence-corrected chi connectivity index (χ2v) is 12.1. The van der Waals surface area contributed by atoms with Gasteiger partial charge in [-0.2, -0.15) is 0 Å². The van der Waals surface area contributed by atoms with Crippen LogP contribution in [0.25, 0.3) is 0 Å². The number of benzene rings is 2. The number of carboxylic acid groups (broad SMARTS) is 1. The molecule has 0 bridgehead atoms. The first-order valence-electron chi connectivity index (χ1n) is 15.6. The van der Waals surface area contributed by atoms with Crippen LogP contribution in [-0.4, -0.2) is 96.3 Å². The van der Waals surface area contributed by atoms with Crippen molar-refractivity contribution < 1.29 is 24.5 Å². The quantitative estimate of drug-likeness (QED) is 0.308. The summed E-state index contributed by atoms with van der Waals surface area (Å²) in [6, 6.07) is 13.7. The Morgan fingerprint density at radius 3 is 2.50 bits per heavy atom. The van der Waals surface area contributed by atoms with E-state index in [-0.39, 0.29) is 31.0 Å². The number of hydrogen-bond donors (Lipinski definition) is 2. The van der Waals surface area contributed by atoms with Crippen molar-refractivity contribution >= 4 is 11.9 Å². The highest BCUT2D eigenvalue weighted by molar-refractivity contribution is 5.79. The van der Waals surface area contributed by atoms with E-state index in [1.54, 1.807) is 0 Å². The second kappa shape index (κ2) is 15.5. The molecule has 0 aromatic heterocycles.